The lowest BCUT2D eigenvalue weighted by Gasteiger charge is -2.27. The molecule has 2 aromatic rings. The van der Waals surface area contributed by atoms with E-state index in [1.807, 2.05) is 6.20 Å². The van der Waals surface area contributed by atoms with E-state index in [0.717, 1.165) is 27.4 Å². The molecule has 0 unspecified atom stereocenters. The number of aromatic nitrogens is 3. The summed E-state index contributed by atoms with van der Waals surface area (Å²) in [5, 5.41) is 0. The zero-order chi connectivity index (χ0) is 13.9. The van der Waals surface area contributed by atoms with Gasteiger partial charge in [0.1, 0.15) is 5.82 Å². The highest BCUT2D eigenvalue weighted by Gasteiger charge is 2.24. The van der Waals surface area contributed by atoms with E-state index in [4.69, 9.17) is 0 Å². The predicted octanol–water partition coefficient (Wildman–Crippen LogP) is 5.18. The Balaban J connectivity index is 1.67. The van der Waals surface area contributed by atoms with Gasteiger partial charge in [0.2, 0.25) is 0 Å². The van der Waals surface area contributed by atoms with E-state index in [1.165, 1.54) is 44.9 Å². The van der Waals surface area contributed by atoms with Crippen LogP contribution in [0.3, 0.4) is 0 Å². The second-order valence-corrected chi connectivity index (χ2v) is 6.92. The van der Waals surface area contributed by atoms with Crippen molar-refractivity contribution < 1.29 is 0 Å². The normalized spacial score (nSPS) is 23.3. The lowest BCUT2D eigenvalue weighted by Crippen LogP contribution is -2.14. The minimum Gasteiger partial charge on any atom is -0.340 e. The Hall–Kier alpha value is -0.900. The fourth-order valence-electron chi connectivity index (χ4n) is 3.30. The Morgan fingerprint density at radius 3 is 2.85 bits per heavy atom. The lowest BCUT2D eigenvalue weighted by atomic mass is 9.79. The number of aromatic amines is 1. The van der Waals surface area contributed by atoms with Gasteiger partial charge in [0, 0.05) is 16.6 Å². The van der Waals surface area contributed by atoms with Gasteiger partial charge < -0.3 is 4.98 Å². The van der Waals surface area contributed by atoms with Crippen molar-refractivity contribution in [3.05, 3.63) is 22.6 Å². The highest BCUT2D eigenvalue weighted by Crippen LogP contribution is 2.37. The zero-order valence-electron chi connectivity index (χ0n) is 12.0. The number of fused-ring (bicyclic) bond motifs is 1. The molecule has 1 saturated carbocycles. The lowest BCUT2D eigenvalue weighted by molar-refractivity contribution is 0.299. The molecule has 20 heavy (non-hydrogen) atoms. The number of hydrogen-bond acceptors (Lipinski definition) is 2. The fraction of sp³-hybridized carbons (Fsp3) is 0.625. The second-order valence-electron chi connectivity index (χ2n) is 6.01. The Bertz CT molecular complexity index is 570. The topological polar surface area (TPSA) is 41.6 Å². The number of halogens is 1. The van der Waals surface area contributed by atoms with Gasteiger partial charge in [-0.2, -0.15) is 0 Å². The second kappa shape index (κ2) is 6.25. The Morgan fingerprint density at radius 1 is 1.30 bits per heavy atom. The maximum atomic E-state index is 4.68. The van der Waals surface area contributed by atoms with E-state index in [9.17, 15) is 0 Å². The molecule has 4 heteroatoms. The number of unbranched alkanes of at least 4 members (excludes halogenated alkanes) is 1. The van der Waals surface area contributed by atoms with Crippen molar-refractivity contribution in [2.24, 2.45) is 5.92 Å². The van der Waals surface area contributed by atoms with Crippen LogP contribution in [-0.4, -0.2) is 15.0 Å². The number of nitrogens with one attached hydrogen (secondary N) is 1. The molecule has 1 fully saturated rings. The summed E-state index contributed by atoms with van der Waals surface area (Å²) in [7, 11) is 0. The molecule has 3 nitrogen and oxygen atoms in total. The van der Waals surface area contributed by atoms with Crippen LogP contribution in [0.5, 0.6) is 0 Å². The number of H-pyrrole nitrogens is 1. The number of imidazole rings is 1. The summed E-state index contributed by atoms with van der Waals surface area (Å²) in [6, 6.07) is 2.06. The van der Waals surface area contributed by atoms with Crippen LogP contribution in [-0.2, 0) is 0 Å². The predicted molar refractivity (Wildman–Crippen MR) is 85.8 cm³/mol. The van der Waals surface area contributed by atoms with Crippen molar-refractivity contribution in [3.8, 4) is 0 Å². The number of nitrogens with zero attached hydrogens (tertiary/aromatic N) is 2. The van der Waals surface area contributed by atoms with Crippen LogP contribution in [0, 0.1) is 5.92 Å². The van der Waals surface area contributed by atoms with Crippen molar-refractivity contribution in [2.75, 3.05) is 0 Å². The average Bonchev–Trinajstić information content (AvgIpc) is 2.88. The van der Waals surface area contributed by atoms with Gasteiger partial charge in [-0.1, -0.05) is 26.2 Å². The van der Waals surface area contributed by atoms with Gasteiger partial charge in [-0.15, -0.1) is 0 Å². The minimum atomic E-state index is 0.598. The summed E-state index contributed by atoms with van der Waals surface area (Å²) in [6.45, 7) is 2.28. The first-order chi connectivity index (χ1) is 9.76. The number of rotatable bonds is 4. The van der Waals surface area contributed by atoms with E-state index < -0.39 is 0 Å². The molecule has 1 N–H and O–H groups in total. The smallest absolute Gasteiger partial charge is 0.177 e. The molecule has 1 aliphatic rings. The van der Waals surface area contributed by atoms with Crippen molar-refractivity contribution >= 4 is 27.1 Å². The van der Waals surface area contributed by atoms with Gasteiger partial charge in [-0.3, -0.25) is 0 Å². The maximum absolute atomic E-state index is 4.68. The Morgan fingerprint density at radius 2 is 2.10 bits per heavy atom. The minimum absolute atomic E-state index is 0.598. The van der Waals surface area contributed by atoms with Crippen LogP contribution in [0.1, 0.15) is 63.6 Å². The summed E-state index contributed by atoms with van der Waals surface area (Å²) < 4.78 is 1.00. The van der Waals surface area contributed by atoms with Crippen LogP contribution in [0.4, 0.5) is 0 Å². The first kappa shape index (κ1) is 14.1. The van der Waals surface area contributed by atoms with Gasteiger partial charge in [0.15, 0.2) is 5.65 Å². The van der Waals surface area contributed by atoms with Crippen molar-refractivity contribution in [2.45, 2.75) is 57.8 Å². The Kier molecular flexibility index (Phi) is 4.39. The first-order valence-corrected chi connectivity index (χ1v) is 8.56. The van der Waals surface area contributed by atoms with Crippen molar-refractivity contribution in [1.82, 2.24) is 15.0 Å². The van der Waals surface area contributed by atoms with Crippen molar-refractivity contribution in [3.63, 3.8) is 0 Å². The fourth-order valence-corrected chi connectivity index (χ4v) is 3.64. The van der Waals surface area contributed by atoms with Gasteiger partial charge >= 0.3 is 0 Å². The molecule has 0 bridgehead atoms. The molecule has 108 valence electrons. The third-order valence-corrected chi connectivity index (χ3v) is 4.96. The molecule has 0 spiro atoms. The quantitative estimate of drug-likeness (QED) is 0.835. The van der Waals surface area contributed by atoms with Crippen molar-refractivity contribution in [1.29, 1.82) is 0 Å². The van der Waals surface area contributed by atoms with Gasteiger partial charge in [0.25, 0.3) is 0 Å². The van der Waals surface area contributed by atoms with Gasteiger partial charge in [-0.05, 0) is 53.6 Å². The zero-order valence-corrected chi connectivity index (χ0v) is 13.6. The summed E-state index contributed by atoms with van der Waals surface area (Å²) in [4.78, 5) is 12.5. The largest absolute Gasteiger partial charge is 0.340 e. The molecule has 2 heterocycles. The van der Waals surface area contributed by atoms with Crippen LogP contribution in [0.25, 0.3) is 11.2 Å². The Labute approximate surface area is 128 Å². The average molecular weight is 336 g/mol. The van der Waals surface area contributed by atoms with Crippen LogP contribution in [0.15, 0.2) is 16.7 Å². The number of pyridine rings is 1. The van der Waals surface area contributed by atoms with E-state index in [2.05, 4.69) is 43.9 Å². The van der Waals surface area contributed by atoms with Crippen LogP contribution >= 0.6 is 15.9 Å². The summed E-state index contributed by atoms with van der Waals surface area (Å²) in [5.74, 6) is 2.68. The highest BCUT2D eigenvalue weighted by atomic mass is 79.9. The monoisotopic (exact) mass is 335 g/mol. The number of hydrogen-bond donors (Lipinski definition) is 1. The third-order valence-electron chi connectivity index (χ3n) is 4.52. The van der Waals surface area contributed by atoms with Gasteiger partial charge in [0.05, 0.1) is 5.52 Å². The van der Waals surface area contributed by atoms with E-state index in [1.54, 1.807) is 0 Å². The molecule has 3 rings (SSSR count). The maximum Gasteiger partial charge on any atom is 0.177 e. The molecule has 2 aromatic heterocycles. The molecular weight excluding hydrogens is 314 g/mol. The molecule has 0 aromatic carbocycles. The first-order valence-electron chi connectivity index (χ1n) is 7.77. The highest BCUT2D eigenvalue weighted by molar-refractivity contribution is 9.10. The summed E-state index contributed by atoms with van der Waals surface area (Å²) in [6.07, 6.45) is 11.2. The molecule has 1 aliphatic carbocycles. The molecule has 0 radical (unpaired) electrons. The summed E-state index contributed by atoms with van der Waals surface area (Å²) >= 11 is 3.46. The molecule has 0 atom stereocenters. The van der Waals surface area contributed by atoms with Crippen LogP contribution < -0.4 is 0 Å². The summed E-state index contributed by atoms with van der Waals surface area (Å²) in [5.41, 5.74) is 1.89. The standard InChI is InChI=1S/C16H22BrN3/c1-2-3-4-11-5-7-12(8-6-11)15-19-14-9-13(17)10-18-16(14)20-15/h9-12H,2-8H2,1H3,(H,18,19,20). The SMILES string of the molecule is CCCCC1CCC(c2nc3ncc(Br)cc3[nH]2)CC1. The third kappa shape index (κ3) is 3.05. The van der Waals surface area contributed by atoms with E-state index in [-0.39, 0.29) is 0 Å². The van der Waals surface area contributed by atoms with E-state index >= 15 is 0 Å². The van der Waals surface area contributed by atoms with Gasteiger partial charge in [-0.25, -0.2) is 9.97 Å². The molecule has 0 amide bonds. The molecule has 0 aliphatic heterocycles. The molecule has 0 saturated heterocycles. The molecular formula is C16H22BrN3. The van der Waals surface area contributed by atoms with Crippen LogP contribution in [0.2, 0.25) is 0 Å². The van der Waals surface area contributed by atoms with E-state index in [0.29, 0.717) is 5.92 Å².